The third-order valence-electron chi connectivity index (χ3n) is 1.62. The topological polar surface area (TPSA) is 23.8 Å². The van der Waals surface area contributed by atoms with E-state index in [1.54, 1.807) is 0 Å². The summed E-state index contributed by atoms with van der Waals surface area (Å²) in [5, 5.41) is 8.52. The lowest BCUT2D eigenvalue weighted by Gasteiger charge is -2.04. The standard InChI is InChI=1S/C9H7Br2N/c1-6-2-3-7(4-5-12)9(11)8(6)10/h2-3H,4H2,1H3. The highest BCUT2D eigenvalue weighted by atomic mass is 79.9. The molecule has 62 valence electrons. The van der Waals surface area contributed by atoms with Crippen molar-refractivity contribution in [2.24, 2.45) is 0 Å². The summed E-state index contributed by atoms with van der Waals surface area (Å²) in [5.74, 6) is 0. The number of benzene rings is 1. The molecule has 0 aliphatic heterocycles. The van der Waals surface area contributed by atoms with Gasteiger partial charge in [-0.05, 0) is 49.9 Å². The second-order valence-corrected chi connectivity index (χ2v) is 4.09. The van der Waals surface area contributed by atoms with Crippen molar-refractivity contribution in [3.63, 3.8) is 0 Å². The van der Waals surface area contributed by atoms with Crippen molar-refractivity contribution in [3.05, 3.63) is 32.2 Å². The zero-order valence-electron chi connectivity index (χ0n) is 6.56. The van der Waals surface area contributed by atoms with E-state index in [0.29, 0.717) is 6.42 Å². The van der Waals surface area contributed by atoms with E-state index in [-0.39, 0.29) is 0 Å². The van der Waals surface area contributed by atoms with Crippen LogP contribution in [0.4, 0.5) is 0 Å². The molecule has 0 amide bonds. The van der Waals surface area contributed by atoms with Crippen LogP contribution in [0.3, 0.4) is 0 Å². The zero-order valence-corrected chi connectivity index (χ0v) is 9.74. The number of halogens is 2. The first-order valence-electron chi connectivity index (χ1n) is 3.47. The minimum Gasteiger partial charge on any atom is -0.198 e. The van der Waals surface area contributed by atoms with Gasteiger partial charge in [-0.15, -0.1) is 0 Å². The van der Waals surface area contributed by atoms with Crippen LogP contribution < -0.4 is 0 Å². The van der Waals surface area contributed by atoms with Gasteiger partial charge in [-0.3, -0.25) is 0 Å². The Morgan fingerprint density at radius 3 is 2.58 bits per heavy atom. The number of hydrogen-bond donors (Lipinski definition) is 0. The van der Waals surface area contributed by atoms with Crippen molar-refractivity contribution >= 4 is 31.9 Å². The third kappa shape index (κ3) is 1.88. The molecule has 0 saturated heterocycles. The predicted octanol–water partition coefficient (Wildman–Crippen LogP) is 3.59. The van der Waals surface area contributed by atoms with Gasteiger partial charge in [0, 0.05) is 8.95 Å². The maximum absolute atomic E-state index is 8.52. The first kappa shape index (κ1) is 9.76. The van der Waals surface area contributed by atoms with Crippen molar-refractivity contribution < 1.29 is 0 Å². The Kier molecular flexibility index (Phi) is 3.30. The molecule has 0 saturated carbocycles. The third-order valence-corrected chi connectivity index (χ3v) is 4.08. The van der Waals surface area contributed by atoms with E-state index in [2.05, 4.69) is 37.9 Å². The summed E-state index contributed by atoms with van der Waals surface area (Å²) >= 11 is 6.88. The van der Waals surface area contributed by atoms with Gasteiger partial charge in [0.05, 0.1) is 12.5 Å². The molecule has 0 aromatic heterocycles. The summed E-state index contributed by atoms with van der Waals surface area (Å²) in [7, 11) is 0. The van der Waals surface area contributed by atoms with Crippen molar-refractivity contribution in [2.45, 2.75) is 13.3 Å². The minimum absolute atomic E-state index is 0.444. The first-order chi connectivity index (χ1) is 5.66. The molecule has 0 unspecified atom stereocenters. The predicted molar refractivity (Wildman–Crippen MR) is 55.9 cm³/mol. The van der Waals surface area contributed by atoms with Gasteiger partial charge in [-0.1, -0.05) is 12.1 Å². The van der Waals surface area contributed by atoms with Gasteiger partial charge in [0.25, 0.3) is 0 Å². The quantitative estimate of drug-likeness (QED) is 0.775. The molecule has 1 aromatic rings. The van der Waals surface area contributed by atoms with Crippen LogP contribution in [-0.4, -0.2) is 0 Å². The van der Waals surface area contributed by atoms with Crippen molar-refractivity contribution in [1.82, 2.24) is 0 Å². The monoisotopic (exact) mass is 287 g/mol. The molecule has 0 spiro atoms. The average Bonchev–Trinajstić information content (AvgIpc) is 2.07. The zero-order chi connectivity index (χ0) is 9.14. The van der Waals surface area contributed by atoms with E-state index in [1.807, 2.05) is 19.1 Å². The summed E-state index contributed by atoms with van der Waals surface area (Å²) in [6, 6.07) is 6.09. The Labute approximate surface area is 88.7 Å². The second kappa shape index (κ2) is 4.06. The van der Waals surface area contributed by atoms with Gasteiger partial charge in [0.15, 0.2) is 0 Å². The SMILES string of the molecule is Cc1ccc(CC#N)c(Br)c1Br. The van der Waals surface area contributed by atoms with E-state index in [1.165, 1.54) is 5.56 Å². The largest absolute Gasteiger partial charge is 0.198 e. The Morgan fingerprint density at radius 2 is 2.00 bits per heavy atom. The Hall–Kier alpha value is -0.330. The van der Waals surface area contributed by atoms with Crippen molar-refractivity contribution in [1.29, 1.82) is 5.26 Å². The lowest BCUT2D eigenvalue weighted by atomic mass is 10.1. The highest BCUT2D eigenvalue weighted by Crippen LogP contribution is 2.29. The molecule has 12 heavy (non-hydrogen) atoms. The second-order valence-electron chi connectivity index (χ2n) is 2.50. The molecule has 0 aliphatic carbocycles. The summed E-state index contributed by atoms with van der Waals surface area (Å²) in [6.07, 6.45) is 0.444. The summed E-state index contributed by atoms with van der Waals surface area (Å²) < 4.78 is 2.03. The molecule has 3 heteroatoms. The minimum atomic E-state index is 0.444. The number of rotatable bonds is 1. The Morgan fingerprint density at radius 1 is 1.33 bits per heavy atom. The fourth-order valence-corrected chi connectivity index (χ4v) is 1.88. The lowest BCUT2D eigenvalue weighted by Crippen LogP contribution is -1.87. The lowest BCUT2D eigenvalue weighted by molar-refractivity contribution is 1.22. The van der Waals surface area contributed by atoms with E-state index >= 15 is 0 Å². The molecule has 0 atom stereocenters. The maximum atomic E-state index is 8.52. The molecular weight excluding hydrogens is 282 g/mol. The van der Waals surface area contributed by atoms with Crippen LogP contribution in [0.25, 0.3) is 0 Å². The molecule has 0 heterocycles. The van der Waals surface area contributed by atoms with Gasteiger partial charge in [-0.25, -0.2) is 0 Å². The molecule has 1 aromatic carbocycles. The first-order valence-corrected chi connectivity index (χ1v) is 5.06. The Balaban J connectivity index is 3.19. The van der Waals surface area contributed by atoms with E-state index in [4.69, 9.17) is 5.26 Å². The van der Waals surface area contributed by atoms with Gasteiger partial charge in [0.1, 0.15) is 0 Å². The van der Waals surface area contributed by atoms with Crippen LogP contribution in [0.2, 0.25) is 0 Å². The van der Waals surface area contributed by atoms with E-state index in [0.717, 1.165) is 14.5 Å². The van der Waals surface area contributed by atoms with Crippen molar-refractivity contribution in [3.8, 4) is 6.07 Å². The fraction of sp³-hybridized carbons (Fsp3) is 0.222. The summed E-state index contributed by atoms with van der Waals surface area (Å²) in [4.78, 5) is 0. The molecule has 0 radical (unpaired) electrons. The molecule has 0 N–H and O–H groups in total. The average molecular weight is 289 g/mol. The highest BCUT2D eigenvalue weighted by Gasteiger charge is 2.05. The number of nitrogens with zero attached hydrogens (tertiary/aromatic N) is 1. The normalized spacial score (nSPS) is 9.50. The molecule has 1 nitrogen and oxygen atoms in total. The smallest absolute Gasteiger partial charge is 0.0670 e. The molecular formula is C9H7Br2N. The van der Waals surface area contributed by atoms with Crippen LogP contribution in [-0.2, 0) is 6.42 Å². The Bertz CT molecular complexity index is 339. The molecule has 0 aliphatic rings. The van der Waals surface area contributed by atoms with Gasteiger partial charge in [-0.2, -0.15) is 5.26 Å². The van der Waals surface area contributed by atoms with Gasteiger partial charge >= 0.3 is 0 Å². The number of nitriles is 1. The van der Waals surface area contributed by atoms with Crippen LogP contribution in [0.15, 0.2) is 21.1 Å². The van der Waals surface area contributed by atoms with E-state index < -0.39 is 0 Å². The highest BCUT2D eigenvalue weighted by molar-refractivity contribution is 9.13. The number of aryl methyl sites for hydroxylation is 1. The molecule has 0 fully saturated rings. The molecule has 1 rings (SSSR count). The van der Waals surface area contributed by atoms with Crippen LogP contribution in [0.5, 0.6) is 0 Å². The van der Waals surface area contributed by atoms with Crippen LogP contribution >= 0.6 is 31.9 Å². The fourth-order valence-electron chi connectivity index (χ4n) is 0.908. The van der Waals surface area contributed by atoms with E-state index in [9.17, 15) is 0 Å². The number of hydrogen-bond acceptors (Lipinski definition) is 1. The molecule has 0 bridgehead atoms. The van der Waals surface area contributed by atoms with Crippen LogP contribution in [0.1, 0.15) is 11.1 Å². The summed E-state index contributed by atoms with van der Waals surface area (Å²) in [5.41, 5.74) is 2.19. The van der Waals surface area contributed by atoms with Gasteiger partial charge < -0.3 is 0 Å². The van der Waals surface area contributed by atoms with Gasteiger partial charge in [0.2, 0.25) is 0 Å². The van der Waals surface area contributed by atoms with Crippen LogP contribution in [0, 0.1) is 18.3 Å². The maximum Gasteiger partial charge on any atom is 0.0670 e. The summed E-state index contributed by atoms with van der Waals surface area (Å²) in [6.45, 7) is 2.02. The van der Waals surface area contributed by atoms with Crippen molar-refractivity contribution in [2.75, 3.05) is 0 Å².